The van der Waals surface area contributed by atoms with Gasteiger partial charge in [0.25, 0.3) is 0 Å². The van der Waals surface area contributed by atoms with Crippen LogP contribution in [0, 0.1) is 17.7 Å². The van der Waals surface area contributed by atoms with Gasteiger partial charge in [-0.2, -0.15) is 13.2 Å². The molecule has 144 valence electrons. The van der Waals surface area contributed by atoms with Crippen LogP contribution in [0.15, 0.2) is 18.2 Å². The van der Waals surface area contributed by atoms with Gasteiger partial charge in [0.1, 0.15) is 5.82 Å². The van der Waals surface area contributed by atoms with E-state index in [2.05, 4.69) is 0 Å². The van der Waals surface area contributed by atoms with E-state index in [9.17, 15) is 27.2 Å². The number of likely N-dealkylation sites (tertiary alicyclic amines) is 1. The zero-order valence-corrected chi connectivity index (χ0v) is 14.5. The van der Waals surface area contributed by atoms with Crippen LogP contribution in [0.2, 0.25) is 5.02 Å². The summed E-state index contributed by atoms with van der Waals surface area (Å²) in [4.78, 5) is 25.6. The number of alkyl halides is 3. The number of carbonyl (C=O) groups excluding carboxylic acids is 1. The highest BCUT2D eigenvalue weighted by Gasteiger charge is 2.52. The van der Waals surface area contributed by atoms with Crippen molar-refractivity contribution in [2.45, 2.75) is 12.7 Å². The van der Waals surface area contributed by atoms with Gasteiger partial charge in [-0.25, -0.2) is 4.39 Å². The van der Waals surface area contributed by atoms with Crippen molar-refractivity contribution in [3.8, 4) is 0 Å². The minimum absolute atomic E-state index is 0.100. The van der Waals surface area contributed by atoms with Crippen molar-refractivity contribution in [2.75, 3.05) is 26.7 Å². The molecule has 1 saturated heterocycles. The van der Waals surface area contributed by atoms with E-state index in [1.54, 1.807) is 0 Å². The lowest BCUT2D eigenvalue weighted by Gasteiger charge is -2.22. The number of hydrogen-bond donors (Lipinski definition) is 1. The number of rotatable bonds is 5. The SMILES string of the molecule is CN(Cc1c(F)cccc1Cl)C(=O)CN1C[C@@H](C(F)(F)F)[C@H](C(=O)O)C1. The van der Waals surface area contributed by atoms with Gasteiger partial charge in [-0.15, -0.1) is 0 Å². The number of benzene rings is 1. The number of hydrogen-bond acceptors (Lipinski definition) is 3. The Morgan fingerprint density at radius 1 is 1.35 bits per heavy atom. The molecule has 0 radical (unpaired) electrons. The summed E-state index contributed by atoms with van der Waals surface area (Å²) in [5, 5.41) is 9.12. The fraction of sp³-hybridized carbons (Fsp3) is 0.500. The molecule has 0 spiro atoms. The Morgan fingerprint density at radius 2 is 2.00 bits per heavy atom. The number of carboxylic acid groups (broad SMARTS) is 1. The van der Waals surface area contributed by atoms with Gasteiger partial charge in [0, 0.05) is 37.3 Å². The van der Waals surface area contributed by atoms with E-state index in [-0.39, 0.29) is 30.2 Å². The molecule has 1 fully saturated rings. The summed E-state index contributed by atoms with van der Waals surface area (Å²) in [5.41, 5.74) is 0.100. The molecule has 1 heterocycles. The second-order valence-corrected chi connectivity index (χ2v) is 6.64. The Labute approximate surface area is 152 Å². The lowest BCUT2D eigenvalue weighted by Crippen LogP contribution is -2.38. The molecule has 1 N–H and O–H groups in total. The van der Waals surface area contributed by atoms with Crippen molar-refractivity contribution in [3.05, 3.63) is 34.6 Å². The van der Waals surface area contributed by atoms with Gasteiger partial charge < -0.3 is 10.0 Å². The maximum Gasteiger partial charge on any atom is 0.393 e. The quantitative estimate of drug-likeness (QED) is 0.777. The molecule has 10 heteroatoms. The van der Waals surface area contributed by atoms with Crippen LogP contribution in [-0.2, 0) is 16.1 Å². The molecule has 2 atom stereocenters. The van der Waals surface area contributed by atoms with Crippen molar-refractivity contribution in [1.82, 2.24) is 9.80 Å². The largest absolute Gasteiger partial charge is 0.481 e. The summed E-state index contributed by atoms with van der Waals surface area (Å²) in [6.45, 7) is -1.48. The van der Waals surface area contributed by atoms with Gasteiger partial charge in [0.05, 0.1) is 18.4 Å². The Hall–Kier alpha value is -1.87. The highest BCUT2D eigenvalue weighted by Crippen LogP contribution is 2.37. The minimum atomic E-state index is -4.66. The lowest BCUT2D eigenvalue weighted by atomic mass is 9.96. The Balaban J connectivity index is 2.02. The maximum atomic E-state index is 13.8. The minimum Gasteiger partial charge on any atom is -0.481 e. The number of likely N-dealkylation sites (N-methyl/N-ethyl adjacent to an activating group) is 1. The maximum absolute atomic E-state index is 13.8. The Kier molecular flexibility index (Phi) is 6.13. The number of carboxylic acids is 1. The zero-order chi connectivity index (χ0) is 19.6. The Morgan fingerprint density at radius 3 is 2.50 bits per heavy atom. The molecule has 0 saturated carbocycles. The summed E-state index contributed by atoms with van der Waals surface area (Å²) >= 11 is 5.89. The van der Waals surface area contributed by atoms with Crippen LogP contribution in [0.5, 0.6) is 0 Å². The average molecular weight is 397 g/mol. The van der Waals surface area contributed by atoms with E-state index in [1.807, 2.05) is 0 Å². The van der Waals surface area contributed by atoms with Crippen molar-refractivity contribution in [2.24, 2.45) is 11.8 Å². The van der Waals surface area contributed by atoms with Crippen LogP contribution >= 0.6 is 11.6 Å². The molecule has 5 nitrogen and oxygen atoms in total. The average Bonchev–Trinajstić information content (AvgIpc) is 2.95. The first-order valence-corrected chi connectivity index (χ1v) is 8.07. The van der Waals surface area contributed by atoms with Crippen molar-refractivity contribution in [1.29, 1.82) is 0 Å². The molecular formula is C16H17ClF4N2O3. The van der Waals surface area contributed by atoms with E-state index >= 15 is 0 Å². The molecule has 0 aromatic heterocycles. The second-order valence-electron chi connectivity index (χ2n) is 6.24. The molecule has 26 heavy (non-hydrogen) atoms. The number of aliphatic carboxylic acids is 1. The normalized spacial score (nSPS) is 21.0. The van der Waals surface area contributed by atoms with Crippen LogP contribution in [0.4, 0.5) is 17.6 Å². The topological polar surface area (TPSA) is 60.9 Å². The third-order valence-corrected chi connectivity index (χ3v) is 4.73. The molecule has 0 bridgehead atoms. The van der Waals surface area contributed by atoms with E-state index in [0.29, 0.717) is 0 Å². The molecule has 0 unspecified atom stereocenters. The molecular weight excluding hydrogens is 380 g/mol. The van der Waals surface area contributed by atoms with Crippen molar-refractivity contribution >= 4 is 23.5 Å². The fourth-order valence-electron chi connectivity index (χ4n) is 2.92. The monoisotopic (exact) mass is 396 g/mol. The third-order valence-electron chi connectivity index (χ3n) is 4.37. The van der Waals surface area contributed by atoms with Crippen molar-refractivity contribution < 1.29 is 32.3 Å². The van der Waals surface area contributed by atoms with Gasteiger partial charge in [-0.1, -0.05) is 17.7 Å². The van der Waals surface area contributed by atoms with Crippen LogP contribution in [0.25, 0.3) is 0 Å². The van der Waals surface area contributed by atoms with Crippen LogP contribution < -0.4 is 0 Å². The molecule has 2 rings (SSSR count). The number of carbonyl (C=O) groups is 2. The summed E-state index contributed by atoms with van der Waals surface area (Å²) in [5.74, 6) is -6.35. The standard InChI is InChI=1S/C16H17ClF4N2O3/c1-22(5-10-12(17)3-2-4-13(10)18)14(24)8-23-6-9(15(25)26)11(7-23)16(19,20)21/h2-4,9,11H,5-8H2,1H3,(H,25,26)/t9-,11-/m1/s1. The summed E-state index contributed by atoms with van der Waals surface area (Å²) < 4.78 is 52.7. The molecule has 1 aliphatic rings. The molecule has 1 aliphatic heterocycles. The Bertz CT molecular complexity index is 678. The van der Waals surface area contributed by atoms with E-state index in [4.69, 9.17) is 16.7 Å². The van der Waals surface area contributed by atoms with Gasteiger partial charge in [-0.3, -0.25) is 14.5 Å². The predicted molar refractivity (Wildman–Crippen MR) is 85.0 cm³/mol. The molecule has 1 aromatic carbocycles. The van der Waals surface area contributed by atoms with Gasteiger partial charge >= 0.3 is 12.1 Å². The lowest BCUT2D eigenvalue weighted by molar-refractivity contribution is -0.188. The first kappa shape index (κ1) is 20.4. The third kappa shape index (κ3) is 4.64. The van der Waals surface area contributed by atoms with Crippen LogP contribution in [0.3, 0.4) is 0 Å². The number of nitrogens with zero attached hydrogens (tertiary/aromatic N) is 2. The highest BCUT2D eigenvalue weighted by atomic mass is 35.5. The predicted octanol–water partition coefficient (Wildman–Crippen LogP) is 2.63. The summed E-state index contributed by atoms with van der Waals surface area (Å²) in [7, 11) is 1.37. The van der Waals surface area contributed by atoms with Crippen LogP contribution in [-0.4, -0.2) is 59.6 Å². The fourth-order valence-corrected chi connectivity index (χ4v) is 3.14. The first-order chi connectivity index (χ1) is 12.0. The smallest absolute Gasteiger partial charge is 0.393 e. The van der Waals surface area contributed by atoms with Gasteiger partial charge in [-0.05, 0) is 12.1 Å². The second kappa shape index (κ2) is 7.79. The highest BCUT2D eigenvalue weighted by molar-refractivity contribution is 6.31. The number of amides is 1. The van der Waals surface area contributed by atoms with Crippen molar-refractivity contribution in [3.63, 3.8) is 0 Å². The van der Waals surface area contributed by atoms with E-state index < -0.39 is 42.3 Å². The van der Waals surface area contributed by atoms with Gasteiger partial charge in [0.15, 0.2) is 0 Å². The zero-order valence-electron chi connectivity index (χ0n) is 13.8. The van der Waals surface area contributed by atoms with Gasteiger partial charge in [0.2, 0.25) is 5.91 Å². The summed E-state index contributed by atoms with van der Waals surface area (Å²) in [6, 6.07) is 4.06. The van der Waals surface area contributed by atoms with E-state index in [0.717, 1.165) is 9.80 Å². The summed E-state index contributed by atoms with van der Waals surface area (Å²) in [6.07, 6.45) is -4.66. The number of halogens is 5. The molecule has 0 aliphatic carbocycles. The molecule has 1 aromatic rings. The van der Waals surface area contributed by atoms with E-state index in [1.165, 1.54) is 25.2 Å². The molecule has 1 amide bonds. The van der Waals surface area contributed by atoms with Crippen LogP contribution in [0.1, 0.15) is 5.56 Å². The first-order valence-electron chi connectivity index (χ1n) is 7.69.